The molecule has 1 saturated carbocycles. The van der Waals surface area contributed by atoms with Gasteiger partial charge in [0.2, 0.25) is 0 Å². The summed E-state index contributed by atoms with van der Waals surface area (Å²) in [4.78, 5) is 3.91. The van der Waals surface area contributed by atoms with E-state index < -0.39 is 0 Å². The van der Waals surface area contributed by atoms with Gasteiger partial charge in [-0.25, -0.2) is 4.98 Å². The predicted octanol–water partition coefficient (Wildman–Crippen LogP) is 3.35. The lowest BCUT2D eigenvalue weighted by Crippen LogP contribution is -2.22. The van der Waals surface area contributed by atoms with Crippen molar-refractivity contribution in [1.82, 2.24) is 4.98 Å². The molecule has 0 aliphatic heterocycles. The lowest BCUT2D eigenvalue weighted by atomic mass is 9.95. The summed E-state index contributed by atoms with van der Waals surface area (Å²) in [5.41, 5.74) is 1.38. The third-order valence-electron chi connectivity index (χ3n) is 2.96. The van der Waals surface area contributed by atoms with Crippen molar-refractivity contribution in [2.24, 2.45) is 0 Å². The number of pyridine rings is 1. The zero-order valence-corrected chi connectivity index (χ0v) is 9.80. The summed E-state index contributed by atoms with van der Waals surface area (Å²) >= 11 is 5.83. The van der Waals surface area contributed by atoms with Gasteiger partial charge in [-0.1, -0.05) is 30.9 Å². The van der Waals surface area contributed by atoms with Gasteiger partial charge in [0.05, 0.1) is 11.3 Å². The van der Waals surface area contributed by atoms with E-state index in [0.29, 0.717) is 16.8 Å². The Labute approximate surface area is 100 Å². The van der Waals surface area contributed by atoms with E-state index in [9.17, 15) is 0 Å². The molecular formula is C12H14ClN3. The Morgan fingerprint density at radius 1 is 1.38 bits per heavy atom. The minimum Gasteiger partial charge on any atom is -0.381 e. The van der Waals surface area contributed by atoms with Gasteiger partial charge in [0, 0.05) is 12.2 Å². The topological polar surface area (TPSA) is 48.7 Å². The second kappa shape index (κ2) is 5.18. The van der Waals surface area contributed by atoms with Crippen LogP contribution in [-0.2, 0) is 0 Å². The molecule has 0 saturated heterocycles. The van der Waals surface area contributed by atoms with Crippen LogP contribution in [-0.4, -0.2) is 11.0 Å². The third kappa shape index (κ3) is 2.65. The van der Waals surface area contributed by atoms with Crippen molar-refractivity contribution in [3.63, 3.8) is 0 Å². The fourth-order valence-corrected chi connectivity index (χ4v) is 2.26. The van der Waals surface area contributed by atoms with Crippen LogP contribution in [0.1, 0.15) is 37.7 Å². The monoisotopic (exact) mass is 235 g/mol. The molecule has 0 bridgehead atoms. The zero-order chi connectivity index (χ0) is 11.4. The van der Waals surface area contributed by atoms with Crippen molar-refractivity contribution in [3.05, 3.63) is 23.0 Å². The number of nitrogens with zero attached hydrogens (tertiary/aromatic N) is 2. The van der Waals surface area contributed by atoms with E-state index in [1.165, 1.54) is 38.3 Å². The molecule has 3 nitrogen and oxygen atoms in total. The van der Waals surface area contributed by atoms with E-state index in [-0.39, 0.29) is 0 Å². The summed E-state index contributed by atoms with van der Waals surface area (Å²) in [6.45, 7) is 0. The number of hydrogen-bond acceptors (Lipinski definition) is 3. The number of anilines is 1. The minimum atomic E-state index is 0.428. The van der Waals surface area contributed by atoms with Crippen molar-refractivity contribution in [3.8, 4) is 6.07 Å². The Balaban J connectivity index is 2.13. The average molecular weight is 236 g/mol. The van der Waals surface area contributed by atoms with E-state index in [2.05, 4.69) is 16.4 Å². The highest BCUT2D eigenvalue weighted by Crippen LogP contribution is 2.24. The van der Waals surface area contributed by atoms with Crippen molar-refractivity contribution in [2.45, 2.75) is 38.1 Å². The zero-order valence-electron chi connectivity index (χ0n) is 9.04. The van der Waals surface area contributed by atoms with Crippen LogP contribution in [0.4, 0.5) is 5.69 Å². The molecule has 2 rings (SSSR count). The summed E-state index contributed by atoms with van der Waals surface area (Å²) in [6, 6.07) is 4.33. The SMILES string of the molecule is N#Cc1cnc(Cl)cc1NC1CCCCC1. The molecule has 0 amide bonds. The Morgan fingerprint density at radius 2 is 2.12 bits per heavy atom. The van der Waals surface area contributed by atoms with Crippen molar-refractivity contribution < 1.29 is 0 Å². The Morgan fingerprint density at radius 3 is 2.81 bits per heavy atom. The van der Waals surface area contributed by atoms with Gasteiger partial charge < -0.3 is 5.32 Å². The first-order valence-electron chi connectivity index (χ1n) is 5.62. The Hall–Kier alpha value is -1.27. The Bertz CT molecular complexity index is 405. The van der Waals surface area contributed by atoms with E-state index in [0.717, 1.165) is 5.69 Å². The summed E-state index contributed by atoms with van der Waals surface area (Å²) in [5.74, 6) is 0. The van der Waals surface area contributed by atoms with E-state index in [1.807, 2.05) is 0 Å². The first-order valence-corrected chi connectivity index (χ1v) is 5.99. The third-order valence-corrected chi connectivity index (χ3v) is 3.16. The highest BCUT2D eigenvalue weighted by atomic mass is 35.5. The molecule has 1 N–H and O–H groups in total. The molecule has 0 radical (unpaired) electrons. The molecule has 1 aliphatic rings. The highest BCUT2D eigenvalue weighted by Gasteiger charge is 2.14. The number of nitriles is 1. The molecule has 4 heteroatoms. The van der Waals surface area contributed by atoms with Gasteiger partial charge >= 0.3 is 0 Å². The maximum atomic E-state index is 8.97. The Kier molecular flexibility index (Phi) is 3.63. The number of halogens is 1. The van der Waals surface area contributed by atoms with Crippen LogP contribution in [0.5, 0.6) is 0 Å². The molecule has 1 heterocycles. The van der Waals surface area contributed by atoms with Gasteiger partial charge in [-0.3, -0.25) is 0 Å². The highest BCUT2D eigenvalue weighted by molar-refractivity contribution is 6.29. The van der Waals surface area contributed by atoms with Gasteiger partial charge in [-0.05, 0) is 18.9 Å². The fourth-order valence-electron chi connectivity index (χ4n) is 2.11. The lowest BCUT2D eigenvalue weighted by molar-refractivity contribution is 0.462. The molecule has 0 aromatic carbocycles. The maximum absolute atomic E-state index is 8.97. The molecule has 0 atom stereocenters. The molecule has 0 unspecified atom stereocenters. The maximum Gasteiger partial charge on any atom is 0.131 e. The minimum absolute atomic E-state index is 0.428. The first kappa shape index (κ1) is 11.2. The largest absolute Gasteiger partial charge is 0.381 e. The van der Waals surface area contributed by atoms with Gasteiger partial charge in [0.15, 0.2) is 0 Å². The van der Waals surface area contributed by atoms with Gasteiger partial charge in [0.25, 0.3) is 0 Å². The van der Waals surface area contributed by atoms with E-state index in [4.69, 9.17) is 16.9 Å². The number of nitrogens with one attached hydrogen (secondary N) is 1. The van der Waals surface area contributed by atoms with Crippen LogP contribution in [0.15, 0.2) is 12.3 Å². The van der Waals surface area contributed by atoms with E-state index in [1.54, 1.807) is 6.07 Å². The van der Waals surface area contributed by atoms with E-state index >= 15 is 0 Å². The molecule has 1 aromatic heterocycles. The molecule has 1 aromatic rings. The summed E-state index contributed by atoms with van der Waals surface area (Å²) in [5, 5.41) is 12.8. The van der Waals surface area contributed by atoms with Crippen LogP contribution in [0.2, 0.25) is 5.15 Å². The normalized spacial score (nSPS) is 16.8. The van der Waals surface area contributed by atoms with Gasteiger partial charge in [-0.2, -0.15) is 5.26 Å². The number of rotatable bonds is 2. The van der Waals surface area contributed by atoms with Crippen LogP contribution < -0.4 is 5.32 Å². The van der Waals surface area contributed by atoms with Gasteiger partial charge in [-0.15, -0.1) is 0 Å². The molecule has 84 valence electrons. The second-order valence-corrected chi connectivity index (χ2v) is 4.53. The summed E-state index contributed by atoms with van der Waals surface area (Å²) < 4.78 is 0. The van der Waals surface area contributed by atoms with Crippen LogP contribution in [0.3, 0.4) is 0 Å². The van der Waals surface area contributed by atoms with Crippen LogP contribution in [0.25, 0.3) is 0 Å². The quantitative estimate of drug-likeness (QED) is 0.800. The van der Waals surface area contributed by atoms with Crippen molar-refractivity contribution >= 4 is 17.3 Å². The van der Waals surface area contributed by atoms with Crippen LogP contribution in [0, 0.1) is 11.3 Å². The summed E-state index contributed by atoms with van der Waals surface area (Å²) in [7, 11) is 0. The first-order chi connectivity index (χ1) is 7.79. The average Bonchev–Trinajstić information content (AvgIpc) is 2.31. The standard InChI is InChI=1S/C12H14ClN3/c13-12-6-11(9(7-14)8-15-12)16-10-4-2-1-3-5-10/h6,8,10H,1-5H2,(H,15,16). The number of aromatic nitrogens is 1. The number of hydrogen-bond donors (Lipinski definition) is 1. The van der Waals surface area contributed by atoms with Crippen molar-refractivity contribution in [1.29, 1.82) is 5.26 Å². The molecule has 16 heavy (non-hydrogen) atoms. The second-order valence-electron chi connectivity index (χ2n) is 4.14. The molecule has 1 aliphatic carbocycles. The molecule has 1 fully saturated rings. The van der Waals surface area contributed by atoms with Gasteiger partial charge in [0.1, 0.15) is 11.2 Å². The predicted molar refractivity (Wildman–Crippen MR) is 64.5 cm³/mol. The molecule has 0 spiro atoms. The lowest BCUT2D eigenvalue weighted by Gasteiger charge is -2.24. The van der Waals surface area contributed by atoms with Crippen molar-refractivity contribution in [2.75, 3.05) is 5.32 Å². The van der Waals surface area contributed by atoms with Crippen LogP contribution >= 0.6 is 11.6 Å². The fraction of sp³-hybridized carbons (Fsp3) is 0.500. The summed E-state index contributed by atoms with van der Waals surface area (Å²) in [6.07, 6.45) is 7.71. The molecular weight excluding hydrogens is 222 g/mol. The smallest absolute Gasteiger partial charge is 0.131 e.